The van der Waals surface area contributed by atoms with Crippen molar-refractivity contribution in [2.24, 2.45) is 5.73 Å². The molecule has 0 heterocycles. The van der Waals surface area contributed by atoms with Gasteiger partial charge in [0.2, 0.25) is 0 Å². The third kappa shape index (κ3) is 3.72. The summed E-state index contributed by atoms with van der Waals surface area (Å²) in [6, 6.07) is 6.12. The second kappa shape index (κ2) is 6.57. The first-order valence-corrected chi connectivity index (χ1v) is 7.33. The maximum Gasteiger partial charge on any atom is 0.123 e. The van der Waals surface area contributed by atoms with Crippen molar-refractivity contribution in [1.29, 1.82) is 0 Å². The highest BCUT2D eigenvalue weighted by Crippen LogP contribution is 2.30. The Balaban J connectivity index is 1.98. The smallest absolute Gasteiger partial charge is 0.123 e. The van der Waals surface area contributed by atoms with Gasteiger partial charge in [-0.1, -0.05) is 18.9 Å². The van der Waals surface area contributed by atoms with Crippen LogP contribution < -0.4 is 10.5 Å². The van der Waals surface area contributed by atoms with E-state index in [1.165, 1.54) is 5.56 Å². The molecule has 0 aliphatic heterocycles. The number of rotatable bonds is 6. The highest BCUT2D eigenvalue weighted by Gasteiger charge is 2.32. The maximum absolute atomic E-state index is 10.4. The largest absolute Gasteiger partial charge is 0.496 e. The minimum atomic E-state index is -0.488. The van der Waals surface area contributed by atoms with E-state index < -0.39 is 5.60 Å². The molecular weight excluding hydrogens is 252 g/mol. The number of benzene rings is 1. The van der Waals surface area contributed by atoms with Gasteiger partial charge in [0.15, 0.2) is 0 Å². The summed E-state index contributed by atoms with van der Waals surface area (Å²) in [5.41, 5.74) is 7.49. The van der Waals surface area contributed by atoms with Gasteiger partial charge in [-0.05, 0) is 37.6 Å². The lowest BCUT2D eigenvalue weighted by molar-refractivity contribution is 0.0145. The summed E-state index contributed by atoms with van der Waals surface area (Å²) in [4.78, 5) is 2.19. The van der Waals surface area contributed by atoms with Crippen molar-refractivity contribution < 1.29 is 9.84 Å². The molecule has 1 aromatic rings. The topological polar surface area (TPSA) is 58.7 Å². The molecule has 1 saturated carbocycles. The van der Waals surface area contributed by atoms with Gasteiger partial charge in [0.25, 0.3) is 0 Å². The van der Waals surface area contributed by atoms with Gasteiger partial charge in [-0.25, -0.2) is 0 Å². The Morgan fingerprint density at radius 1 is 1.35 bits per heavy atom. The Morgan fingerprint density at radius 2 is 2.05 bits per heavy atom. The molecule has 1 aliphatic carbocycles. The fourth-order valence-electron chi connectivity index (χ4n) is 3.15. The van der Waals surface area contributed by atoms with E-state index in [0.29, 0.717) is 6.54 Å². The number of aliphatic hydroxyl groups is 1. The van der Waals surface area contributed by atoms with E-state index in [9.17, 15) is 5.11 Å². The molecule has 3 N–H and O–H groups in total. The van der Waals surface area contributed by atoms with Crippen LogP contribution in [0.15, 0.2) is 18.2 Å². The summed E-state index contributed by atoms with van der Waals surface area (Å²) >= 11 is 0. The van der Waals surface area contributed by atoms with Gasteiger partial charge in [-0.15, -0.1) is 0 Å². The molecular formula is C16H26N2O2. The van der Waals surface area contributed by atoms with Gasteiger partial charge in [0.05, 0.1) is 12.7 Å². The molecule has 0 amide bonds. The second-order valence-electron chi connectivity index (χ2n) is 5.95. The summed E-state index contributed by atoms with van der Waals surface area (Å²) in [6.07, 6.45) is 4.14. The Kier molecular flexibility index (Phi) is 5.02. The zero-order chi connectivity index (χ0) is 14.6. The summed E-state index contributed by atoms with van der Waals surface area (Å²) in [7, 11) is 3.72. The van der Waals surface area contributed by atoms with E-state index in [1.807, 2.05) is 6.07 Å². The van der Waals surface area contributed by atoms with Crippen LogP contribution >= 0.6 is 0 Å². The molecule has 112 valence electrons. The van der Waals surface area contributed by atoms with Crippen LogP contribution in [0, 0.1) is 0 Å². The Morgan fingerprint density at radius 3 is 2.65 bits per heavy atom. The number of hydrogen-bond donors (Lipinski definition) is 2. The predicted molar refractivity (Wildman–Crippen MR) is 80.6 cm³/mol. The number of nitrogens with zero attached hydrogens (tertiary/aromatic N) is 1. The predicted octanol–water partition coefficient (Wildman–Crippen LogP) is 1.89. The lowest BCUT2D eigenvalue weighted by atomic mass is 10.0. The van der Waals surface area contributed by atoms with Crippen molar-refractivity contribution in [3.63, 3.8) is 0 Å². The van der Waals surface area contributed by atoms with Crippen molar-refractivity contribution in [2.75, 3.05) is 20.7 Å². The molecule has 1 aliphatic rings. The van der Waals surface area contributed by atoms with E-state index in [0.717, 1.165) is 50.1 Å². The monoisotopic (exact) mass is 278 g/mol. The third-order valence-electron chi connectivity index (χ3n) is 4.12. The molecule has 0 saturated heterocycles. The SMILES string of the molecule is COc1ccc(CN(C)CC2(O)CCCC2)cc1CN. The summed E-state index contributed by atoms with van der Waals surface area (Å²) < 4.78 is 5.29. The minimum Gasteiger partial charge on any atom is -0.496 e. The van der Waals surface area contributed by atoms with Crippen molar-refractivity contribution in [3.8, 4) is 5.75 Å². The molecule has 20 heavy (non-hydrogen) atoms. The van der Waals surface area contributed by atoms with Crippen LogP contribution in [0.3, 0.4) is 0 Å². The number of ether oxygens (including phenoxy) is 1. The molecule has 0 aromatic heterocycles. The average molecular weight is 278 g/mol. The molecule has 0 unspecified atom stereocenters. The van der Waals surface area contributed by atoms with Crippen molar-refractivity contribution in [2.45, 2.75) is 44.4 Å². The first-order valence-electron chi connectivity index (χ1n) is 7.33. The van der Waals surface area contributed by atoms with Gasteiger partial charge in [-0.2, -0.15) is 0 Å². The van der Waals surface area contributed by atoms with Crippen molar-refractivity contribution in [1.82, 2.24) is 4.90 Å². The Bertz CT molecular complexity index is 442. The van der Waals surface area contributed by atoms with Crippen LogP contribution in [-0.4, -0.2) is 36.3 Å². The molecule has 4 nitrogen and oxygen atoms in total. The van der Waals surface area contributed by atoms with Crippen LogP contribution in [0.2, 0.25) is 0 Å². The van der Waals surface area contributed by atoms with Crippen LogP contribution in [0.1, 0.15) is 36.8 Å². The van der Waals surface area contributed by atoms with Crippen LogP contribution in [0.25, 0.3) is 0 Å². The molecule has 0 bridgehead atoms. The van der Waals surface area contributed by atoms with Crippen molar-refractivity contribution in [3.05, 3.63) is 29.3 Å². The molecule has 1 fully saturated rings. The standard InChI is InChI=1S/C16H26N2O2/c1-18(12-16(19)7-3-4-8-16)11-13-5-6-15(20-2)14(9-13)10-17/h5-6,9,19H,3-4,7-8,10-12,17H2,1-2H3. The highest BCUT2D eigenvalue weighted by atomic mass is 16.5. The first-order chi connectivity index (χ1) is 9.56. The summed E-state index contributed by atoms with van der Waals surface area (Å²) in [5.74, 6) is 0.841. The van der Waals surface area contributed by atoms with Crippen molar-refractivity contribution >= 4 is 0 Å². The normalized spacial score (nSPS) is 17.6. The second-order valence-corrected chi connectivity index (χ2v) is 5.95. The van der Waals surface area contributed by atoms with Crippen LogP contribution in [-0.2, 0) is 13.1 Å². The minimum absolute atomic E-state index is 0.477. The lowest BCUT2D eigenvalue weighted by Crippen LogP contribution is -2.38. The van der Waals surface area contributed by atoms with Gasteiger partial charge in [0.1, 0.15) is 5.75 Å². The van der Waals surface area contributed by atoms with Gasteiger partial charge in [0, 0.05) is 25.2 Å². The lowest BCUT2D eigenvalue weighted by Gasteiger charge is -2.28. The van der Waals surface area contributed by atoms with E-state index in [4.69, 9.17) is 10.5 Å². The number of nitrogens with two attached hydrogens (primary N) is 1. The van der Waals surface area contributed by atoms with E-state index in [1.54, 1.807) is 7.11 Å². The van der Waals surface area contributed by atoms with Gasteiger partial charge >= 0.3 is 0 Å². The quantitative estimate of drug-likeness (QED) is 0.834. The third-order valence-corrected chi connectivity index (χ3v) is 4.12. The maximum atomic E-state index is 10.4. The Labute approximate surface area is 121 Å². The summed E-state index contributed by atoms with van der Waals surface area (Å²) in [6.45, 7) is 2.03. The molecule has 2 rings (SSSR count). The molecule has 4 heteroatoms. The average Bonchev–Trinajstić information content (AvgIpc) is 2.84. The van der Waals surface area contributed by atoms with E-state index in [-0.39, 0.29) is 0 Å². The van der Waals surface area contributed by atoms with E-state index >= 15 is 0 Å². The fraction of sp³-hybridized carbons (Fsp3) is 0.625. The molecule has 1 aromatic carbocycles. The number of likely N-dealkylation sites (N-methyl/N-ethyl adjacent to an activating group) is 1. The van der Waals surface area contributed by atoms with Gasteiger partial charge < -0.3 is 15.6 Å². The Hall–Kier alpha value is -1.10. The number of methoxy groups -OCH3 is 1. The zero-order valence-electron chi connectivity index (χ0n) is 12.6. The first kappa shape index (κ1) is 15.3. The molecule has 0 atom stereocenters. The zero-order valence-corrected chi connectivity index (χ0v) is 12.6. The van der Waals surface area contributed by atoms with Crippen LogP contribution in [0.5, 0.6) is 5.75 Å². The highest BCUT2D eigenvalue weighted by molar-refractivity contribution is 5.37. The van der Waals surface area contributed by atoms with Crippen LogP contribution in [0.4, 0.5) is 0 Å². The number of hydrogen-bond acceptors (Lipinski definition) is 4. The molecule has 0 radical (unpaired) electrons. The summed E-state index contributed by atoms with van der Waals surface area (Å²) in [5, 5.41) is 10.4. The fourth-order valence-corrected chi connectivity index (χ4v) is 3.15. The van der Waals surface area contributed by atoms with Gasteiger partial charge in [-0.3, -0.25) is 4.90 Å². The van der Waals surface area contributed by atoms with E-state index in [2.05, 4.69) is 24.1 Å². The molecule has 0 spiro atoms.